The number of esters is 1. The van der Waals surface area contributed by atoms with Gasteiger partial charge in [-0.3, -0.25) is 0 Å². The van der Waals surface area contributed by atoms with Crippen molar-refractivity contribution in [2.45, 2.75) is 0 Å². The van der Waals surface area contributed by atoms with Gasteiger partial charge in [-0.15, -0.1) is 0 Å². The van der Waals surface area contributed by atoms with Gasteiger partial charge in [0.1, 0.15) is 6.61 Å². The molecule has 0 bridgehead atoms. The van der Waals surface area contributed by atoms with Crippen molar-refractivity contribution in [1.82, 2.24) is 0 Å². The molecule has 1 aromatic carbocycles. The van der Waals surface area contributed by atoms with Gasteiger partial charge in [-0.05, 0) is 18.2 Å². The maximum Gasteiger partial charge on any atom is 0.338 e. The van der Waals surface area contributed by atoms with E-state index >= 15 is 0 Å². The SMILES string of the molecule is COCOc1cc(C(=O)OCCS(=O)(=O)[O-])ccc1F. The number of benzene rings is 1. The summed E-state index contributed by atoms with van der Waals surface area (Å²) in [5.74, 6) is -2.62. The largest absolute Gasteiger partial charge is 0.748 e. The van der Waals surface area contributed by atoms with Crippen LogP contribution in [0.15, 0.2) is 18.2 Å². The van der Waals surface area contributed by atoms with E-state index in [2.05, 4.69) is 9.47 Å². The third-order valence-corrected chi connectivity index (χ3v) is 2.73. The quantitative estimate of drug-likeness (QED) is 0.411. The first-order valence-electron chi connectivity index (χ1n) is 5.35. The number of halogens is 1. The molecule has 0 saturated carbocycles. The van der Waals surface area contributed by atoms with Crippen molar-refractivity contribution in [1.29, 1.82) is 0 Å². The van der Waals surface area contributed by atoms with Crippen molar-refractivity contribution in [3.63, 3.8) is 0 Å². The first-order chi connectivity index (χ1) is 9.33. The van der Waals surface area contributed by atoms with Crippen molar-refractivity contribution in [2.24, 2.45) is 0 Å². The van der Waals surface area contributed by atoms with E-state index in [1.54, 1.807) is 0 Å². The van der Waals surface area contributed by atoms with E-state index in [0.29, 0.717) is 0 Å². The Morgan fingerprint density at radius 3 is 2.70 bits per heavy atom. The molecule has 1 rings (SSSR count). The zero-order valence-electron chi connectivity index (χ0n) is 10.5. The minimum atomic E-state index is -4.46. The van der Waals surface area contributed by atoms with Crippen LogP contribution in [0.4, 0.5) is 4.39 Å². The lowest BCUT2D eigenvalue weighted by molar-refractivity contribution is 0.0469. The second kappa shape index (κ2) is 7.17. The predicted octanol–water partition coefficient (Wildman–Crippen LogP) is 0.510. The van der Waals surface area contributed by atoms with E-state index < -0.39 is 34.3 Å². The first-order valence-corrected chi connectivity index (χ1v) is 6.93. The molecular weight excluding hydrogens is 295 g/mol. The van der Waals surface area contributed by atoms with E-state index in [4.69, 9.17) is 4.74 Å². The van der Waals surface area contributed by atoms with E-state index in [-0.39, 0.29) is 18.1 Å². The Labute approximate surface area is 115 Å². The smallest absolute Gasteiger partial charge is 0.338 e. The van der Waals surface area contributed by atoms with Crippen LogP contribution in [-0.2, 0) is 19.6 Å². The molecule has 1 aromatic rings. The summed E-state index contributed by atoms with van der Waals surface area (Å²) in [6.45, 7) is -0.778. The molecule has 0 aliphatic rings. The maximum atomic E-state index is 13.3. The topological polar surface area (TPSA) is 102 Å². The van der Waals surface area contributed by atoms with E-state index in [9.17, 15) is 22.2 Å². The number of ether oxygens (including phenoxy) is 3. The molecule has 0 aliphatic heterocycles. The Kier molecular flexibility index (Phi) is 5.86. The summed E-state index contributed by atoms with van der Waals surface area (Å²) in [6.07, 6.45) is 0. The van der Waals surface area contributed by atoms with Gasteiger partial charge in [0, 0.05) is 7.11 Å². The summed E-state index contributed by atoms with van der Waals surface area (Å²) in [6, 6.07) is 3.22. The number of hydrogen-bond donors (Lipinski definition) is 0. The van der Waals surface area contributed by atoms with E-state index in [0.717, 1.165) is 18.2 Å². The summed E-state index contributed by atoms with van der Waals surface area (Å²) in [5.41, 5.74) is -0.0409. The average molecular weight is 307 g/mol. The Morgan fingerprint density at radius 1 is 1.40 bits per heavy atom. The van der Waals surface area contributed by atoms with E-state index in [1.165, 1.54) is 7.11 Å². The van der Waals surface area contributed by atoms with Crippen LogP contribution in [0.5, 0.6) is 5.75 Å². The molecule has 0 aromatic heterocycles. The van der Waals surface area contributed by atoms with Crippen molar-refractivity contribution in [3.8, 4) is 5.75 Å². The normalized spacial score (nSPS) is 11.2. The molecule has 0 unspecified atom stereocenters. The summed E-state index contributed by atoms with van der Waals surface area (Å²) in [4.78, 5) is 11.5. The van der Waals surface area contributed by atoms with Crippen molar-refractivity contribution in [3.05, 3.63) is 29.6 Å². The highest BCUT2D eigenvalue weighted by molar-refractivity contribution is 7.85. The number of rotatable bonds is 7. The lowest BCUT2D eigenvalue weighted by atomic mass is 10.2. The molecular formula is C11H12FO7S-. The Morgan fingerprint density at radius 2 is 2.10 bits per heavy atom. The zero-order valence-corrected chi connectivity index (χ0v) is 11.3. The van der Waals surface area contributed by atoms with Gasteiger partial charge in [0.2, 0.25) is 0 Å². The first kappa shape index (κ1) is 16.3. The monoisotopic (exact) mass is 307 g/mol. The van der Waals surface area contributed by atoms with E-state index in [1.807, 2.05) is 0 Å². The van der Waals surface area contributed by atoms with Gasteiger partial charge < -0.3 is 18.8 Å². The van der Waals surface area contributed by atoms with Gasteiger partial charge in [-0.2, -0.15) is 0 Å². The highest BCUT2D eigenvalue weighted by atomic mass is 32.2. The highest BCUT2D eigenvalue weighted by Gasteiger charge is 2.12. The molecule has 0 saturated heterocycles. The Hall–Kier alpha value is -1.71. The Balaban J connectivity index is 2.68. The molecule has 0 spiro atoms. The summed E-state index contributed by atoms with van der Waals surface area (Å²) < 4.78 is 58.4. The minimum Gasteiger partial charge on any atom is -0.748 e. The minimum absolute atomic E-state index is 0.0409. The Bertz CT molecular complexity index is 570. The fourth-order valence-corrected chi connectivity index (χ4v) is 1.47. The molecule has 112 valence electrons. The predicted molar refractivity (Wildman–Crippen MR) is 63.8 cm³/mol. The number of carbonyl (C=O) groups is 1. The maximum absolute atomic E-state index is 13.3. The molecule has 20 heavy (non-hydrogen) atoms. The molecule has 0 heterocycles. The number of methoxy groups -OCH3 is 1. The van der Waals surface area contributed by atoms with Gasteiger partial charge in [-0.25, -0.2) is 17.6 Å². The summed E-state index contributed by atoms with van der Waals surface area (Å²) >= 11 is 0. The molecule has 7 nitrogen and oxygen atoms in total. The van der Waals surface area contributed by atoms with Crippen LogP contribution in [0.1, 0.15) is 10.4 Å². The third-order valence-electron chi connectivity index (χ3n) is 2.07. The van der Waals surface area contributed by atoms with Gasteiger partial charge >= 0.3 is 5.97 Å². The zero-order chi connectivity index (χ0) is 15.2. The second-order valence-corrected chi connectivity index (χ2v) is 5.12. The molecule has 0 amide bonds. The number of hydrogen-bond acceptors (Lipinski definition) is 7. The second-order valence-electron chi connectivity index (χ2n) is 3.59. The lowest BCUT2D eigenvalue weighted by Gasteiger charge is -2.09. The molecule has 0 radical (unpaired) electrons. The summed E-state index contributed by atoms with van der Waals surface area (Å²) in [7, 11) is -3.11. The van der Waals surface area contributed by atoms with Crippen LogP contribution in [-0.4, -0.2) is 45.2 Å². The average Bonchev–Trinajstić information content (AvgIpc) is 2.36. The fraction of sp³-hybridized carbons (Fsp3) is 0.364. The van der Waals surface area contributed by atoms with Gasteiger partial charge in [0.05, 0.1) is 21.4 Å². The fourth-order valence-electron chi connectivity index (χ4n) is 1.18. The summed E-state index contributed by atoms with van der Waals surface area (Å²) in [5, 5.41) is 0. The van der Waals surface area contributed by atoms with Crippen molar-refractivity contribution >= 4 is 16.1 Å². The van der Waals surface area contributed by atoms with Crippen LogP contribution in [0.25, 0.3) is 0 Å². The number of carbonyl (C=O) groups excluding carboxylic acids is 1. The van der Waals surface area contributed by atoms with Crippen LogP contribution >= 0.6 is 0 Å². The van der Waals surface area contributed by atoms with Crippen LogP contribution < -0.4 is 4.74 Å². The van der Waals surface area contributed by atoms with Crippen molar-refractivity contribution < 1.29 is 36.4 Å². The molecule has 0 atom stereocenters. The van der Waals surface area contributed by atoms with Gasteiger partial charge in [0.15, 0.2) is 18.4 Å². The highest BCUT2D eigenvalue weighted by Crippen LogP contribution is 2.19. The standard InChI is InChI=1S/C11H13FO7S/c1-17-7-19-10-6-8(2-3-9(10)12)11(13)18-4-5-20(14,15)16/h2-3,6H,4-5,7H2,1H3,(H,14,15,16)/p-1. The van der Waals surface area contributed by atoms with Crippen LogP contribution in [0, 0.1) is 5.82 Å². The molecule has 9 heteroatoms. The molecule has 0 aliphatic carbocycles. The molecule has 0 fully saturated rings. The third kappa shape index (κ3) is 5.51. The van der Waals surface area contributed by atoms with Crippen LogP contribution in [0.3, 0.4) is 0 Å². The van der Waals surface area contributed by atoms with Crippen LogP contribution in [0.2, 0.25) is 0 Å². The molecule has 0 N–H and O–H groups in total. The van der Waals surface area contributed by atoms with Gasteiger partial charge in [0.25, 0.3) is 0 Å². The van der Waals surface area contributed by atoms with Crippen molar-refractivity contribution in [2.75, 3.05) is 26.3 Å². The lowest BCUT2D eigenvalue weighted by Crippen LogP contribution is -2.15. The van der Waals surface area contributed by atoms with Gasteiger partial charge in [-0.1, -0.05) is 0 Å².